The van der Waals surface area contributed by atoms with Crippen molar-refractivity contribution in [3.8, 4) is 11.5 Å². The van der Waals surface area contributed by atoms with E-state index in [2.05, 4.69) is 16.7 Å². The number of para-hydroxylation sites is 1. The number of ether oxygens (including phenoxy) is 2. The lowest BCUT2D eigenvalue weighted by Gasteiger charge is -2.13. The van der Waals surface area contributed by atoms with E-state index in [9.17, 15) is 4.79 Å². The number of rotatable bonds is 4. The van der Waals surface area contributed by atoms with Crippen LogP contribution in [0.3, 0.4) is 0 Å². The summed E-state index contributed by atoms with van der Waals surface area (Å²) < 4.78 is 11.5. The maximum atomic E-state index is 12.0. The standard InChI is InChI=1S/C19H20N2O3/c22-19(21-14-4-2-1-3-5-14)20-9-6-16-15-8-11-23-17(15)12-13-7-10-24-18(13)16/h1-5,12H,6-11H2,(H2,20,21,22). The van der Waals surface area contributed by atoms with Gasteiger partial charge in [0.1, 0.15) is 11.5 Å². The number of carbonyl (C=O) groups is 1. The molecule has 2 aromatic rings. The Balaban J connectivity index is 1.41. The van der Waals surface area contributed by atoms with Gasteiger partial charge in [-0.05, 0) is 24.6 Å². The molecule has 0 aliphatic carbocycles. The van der Waals surface area contributed by atoms with Gasteiger partial charge in [-0.1, -0.05) is 18.2 Å². The van der Waals surface area contributed by atoms with Gasteiger partial charge < -0.3 is 20.1 Å². The number of amides is 2. The first-order chi connectivity index (χ1) is 11.8. The summed E-state index contributed by atoms with van der Waals surface area (Å²) in [6, 6.07) is 11.4. The quantitative estimate of drug-likeness (QED) is 0.909. The van der Waals surface area contributed by atoms with Crippen LogP contribution in [0.15, 0.2) is 36.4 Å². The minimum atomic E-state index is -0.192. The molecule has 124 valence electrons. The number of carbonyl (C=O) groups excluding carboxylic acids is 1. The predicted octanol–water partition coefficient (Wildman–Crippen LogP) is 2.92. The van der Waals surface area contributed by atoms with E-state index >= 15 is 0 Å². The average molecular weight is 324 g/mol. The summed E-state index contributed by atoms with van der Waals surface area (Å²) in [5.74, 6) is 1.99. The first kappa shape index (κ1) is 14.9. The van der Waals surface area contributed by atoms with Gasteiger partial charge in [-0.2, -0.15) is 0 Å². The number of anilines is 1. The SMILES string of the molecule is O=C(NCCc1c2c(cc3c1OCC3)OCC2)Nc1ccccc1. The van der Waals surface area contributed by atoms with Gasteiger partial charge >= 0.3 is 6.03 Å². The van der Waals surface area contributed by atoms with Crippen LogP contribution in [0, 0.1) is 0 Å². The van der Waals surface area contributed by atoms with E-state index in [1.165, 1.54) is 16.7 Å². The van der Waals surface area contributed by atoms with E-state index in [1.807, 2.05) is 30.3 Å². The molecule has 5 nitrogen and oxygen atoms in total. The summed E-state index contributed by atoms with van der Waals surface area (Å²) in [6.45, 7) is 2.02. The second-order valence-corrected chi connectivity index (χ2v) is 6.01. The van der Waals surface area contributed by atoms with Gasteiger partial charge in [-0.3, -0.25) is 0 Å². The molecule has 0 spiro atoms. The number of fused-ring (bicyclic) bond motifs is 2. The normalized spacial score (nSPS) is 14.3. The third-order valence-electron chi connectivity index (χ3n) is 4.45. The van der Waals surface area contributed by atoms with Gasteiger partial charge in [-0.25, -0.2) is 4.79 Å². The van der Waals surface area contributed by atoms with Crippen LogP contribution in [0.1, 0.15) is 16.7 Å². The highest BCUT2D eigenvalue weighted by Crippen LogP contribution is 2.40. The number of urea groups is 1. The van der Waals surface area contributed by atoms with Gasteiger partial charge in [0, 0.05) is 41.8 Å². The van der Waals surface area contributed by atoms with Crippen molar-refractivity contribution in [3.63, 3.8) is 0 Å². The van der Waals surface area contributed by atoms with Crippen LogP contribution in [0.2, 0.25) is 0 Å². The molecule has 24 heavy (non-hydrogen) atoms. The van der Waals surface area contributed by atoms with Crippen LogP contribution in [0.25, 0.3) is 0 Å². The van der Waals surface area contributed by atoms with Gasteiger partial charge in [0.05, 0.1) is 13.2 Å². The molecular formula is C19H20N2O3. The monoisotopic (exact) mass is 324 g/mol. The number of benzene rings is 2. The van der Waals surface area contributed by atoms with E-state index in [0.717, 1.165) is 49.7 Å². The molecule has 2 amide bonds. The van der Waals surface area contributed by atoms with Crippen molar-refractivity contribution in [2.24, 2.45) is 0 Å². The highest BCUT2D eigenvalue weighted by molar-refractivity contribution is 5.89. The lowest BCUT2D eigenvalue weighted by Crippen LogP contribution is -2.30. The zero-order valence-corrected chi connectivity index (χ0v) is 13.4. The van der Waals surface area contributed by atoms with Crippen molar-refractivity contribution >= 4 is 11.7 Å². The Morgan fingerprint density at radius 2 is 1.92 bits per heavy atom. The highest BCUT2D eigenvalue weighted by Gasteiger charge is 2.26. The van der Waals surface area contributed by atoms with Crippen molar-refractivity contribution in [2.45, 2.75) is 19.3 Å². The van der Waals surface area contributed by atoms with Crippen LogP contribution in [0.4, 0.5) is 10.5 Å². The molecule has 2 aliphatic heterocycles. The molecule has 0 bridgehead atoms. The Kier molecular flexibility index (Phi) is 3.99. The van der Waals surface area contributed by atoms with E-state index in [-0.39, 0.29) is 6.03 Å². The predicted molar refractivity (Wildman–Crippen MR) is 92.0 cm³/mol. The minimum absolute atomic E-state index is 0.192. The first-order valence-corrected chi connectivity index (χ1v) is 8.34. The lowest BCUT2D eigenvalue weighted by atomic mass is 9.97. The van der Waals surface area contributed by atoms with Crippen molar-refractivity contribution in [3.05, 3.63) is 53.1 Å². The Labute approximate surface area is 141 Å². The molecule has 0 unspecified atom stereocenters. The van der Waals surface area contributed by atoms with Crippen LogP contribution in [0.5, 0.6) is 11.5 Å². The summed E-state index contributed by atoms with van der Waals surface area (Å²) >= 11 is 0. The number of hydrogen-bond donors (Lipinski definition) is 2. The molecule has 0 saturated carbocycles. The van der Waals surface area contributed by atoms with Gasteiger partial charge in [0.2, 0.25) is 0 Å². The highest BCUT2D eigenvalue weighted by atomic mass is 16.5. The molecule has 0 radical (unpaired) electrons. The molecule has 2 aliphatic rings. The van der Waals surface area contributed by atoms with Gasteiger partial charge in [0.25, 0.3) is 0 Å². The molecule has 2 heterocycles. The van der Waals surface area contributed by atoms with E-state index in [0.29, 0.717) is 6.54 Å². The zero-order chi connectivity index (χ0) is 16.4. The van der Waals surface area contributed by atoms with Crippen LogP contribution in [-0.4, -0.2) is 25.8 Å². The molecule has 2 N–H and O–H groups in total. The van der Waals surface area contributed by atoms with Crippen LogP contribution < -0.4 is 20.1 Å². The van der Waals surface area contributed by atoms with Crippen molar-refractivity contribution in [1.29, 1.82) is 0 Å². The summed E-state index contributed by atoms with van der Waals surface area (Å²) in [4.78, 5) is 12.0. The molecule has 0 saturated heterocycles. The van der Waals surface area contributed by atoms with Crippen molar-refractivity contribution < 1.29 is 14.3 Å². The molecule has 5 heteroatoms. The zero-order valence-electron chi connectivity index (χ0n) is 13.4. The largest absolute Gasteiger partial charge is 0.493 e. The summed E-state index contributed by atoms with van der Waals surface area (Å²) in [6.07, 6.45) is 2.59. The Morgan fingerprint density at radius 1 is 1.08 bits per heavy atom. The molecule has 0 aromatic heterocycles. The fraction of sp³-hybridized carbons (Fsp3) is 0.316. The summed E-state index contributed by atoms with van der Waals surface area (Å²) in [5, 5.41) is 5.74. The number of hydrogen-bond acceptors (Lipinski definition) is 3. The maximum absolute atomic E-state index is 12.0. The summed E-state index contributed by atoms with van der Waals surface area (Å²) in [7, 11) is 0. The summed E-state index contributed by atoms with van der Waals surface area (Å²) in [5.41, 5.74) is 4.44. The average Bonchev–Trinajstić information content (AvgIpc) is 3.24. The second-order valence-electron chi connectivity index (χ2n) is 6.01. The van der Waals surface area contributed by atoms with E-state index in [1.54, 1.807) is 0 Å². The van der Waals surface area contributed by atoms with Crippen LogP contribution in [-0.2, 0) is 19.3 Å². The Bertz CT molecular complexity index is 727. The Hall–Kier alpha value is -2.69. The second kappa shape index (κ2) is 6.43. The molecule has 0 fully saturated rings. The first-order valence-electron chi connectivity index (χ1n) is 8.34. The van der Waals surface area contributed by atoms with Gasteiger partial charge in [-0.15, -0.1) is 0 Å². The van der Waals surface area contributed by atoms with Crippen LogP contribution >= 0.6 is 0 Å². The van der Waals surface area contributed by atoms with Crippen molar-refractivity contribution in [1.82, 2.24) is 5.32 Å². The van der Waals surface area contributed by atoms with E-state index < -0.39 is 0 Å². The lowest BCUT2D eigenvalue weighted by molar-refractivity contribution is 0.252. The maximum Gasteiger partial charge on any atom is 0.319 e. The van der Waals surface area contributed by atoms with Crippen molar-refractivity contribution in [2.75, 3.05) is 25.1 Å². The minimum Gasteiger partial charge on any atom is -0.493 e. The fourth-order valence-electron chi connectivity index (χ4n) is 3.35. The Morgan fingerprint density at radius 3 is 2.79 bits per heavy atom. The third kappa shape index (κ3) is 2.89. The molecule has 2 aromatic carbocycles. The van der Waals surface area contributed by atoms with E-state index in [4.69, 9.17) is 9.47 Å². The molecule has 4 rings (SSSR count). The topological polar surface area (TPSA) is 59.6 Å². The number of nitrogens with one attached hydrogen (secondary N) is 2. The smallest absolute Gasteiger partial charge is 0.319 e. The van der Waals surface area contributed by atoms with Gasteiger partial charge in [0.15, 0.2) is 0 Å². The molecule has 0 atom stereocenters. The fourth-order valence-corrected chi connectivity index (χ4v) is 3.35. The third-order valence-corrected chi connectivity index (χ3v) is 4.45. The molecular weight excluding hydrogens is 304 g/mol.